The Labute approximate surface area is 161 Å². The fraction of sp³-hybridized carbons (Fsp3) is 0.650. The summed E-state index contributed by atoms with van der Waals surface area (Å²) < 4.78 is 5.44. The minimum atomic E-state index is -0.473. The number of carbonyl (C=O) groups is 2. The molecule has 0 saturated carbocycles. The lowest BCUT2D eigenvalue weighted by Gasteiger charge is -2.36. The number of piperazine rings is 1. The Morgan fingerprint density at radius 3 is 2.37 bits per heavy atom. The SMILES string of the molecule is CC(=O)N1CCCC1c1ccc(N2CCN(C(=O)OC(C)(C)C)CC2)nc1. The molecule has 1 aromatic heterocycles. The molecule has 3 rings (SSSR count). The molecule has 0 bridgehead atoms. The number of anilines is 1. The van der Waals surface area contributed by atoms with Crippen molar-refractivity contribution in [3.05, 3.63) is 23.9 Å². The lowest BCUT2D eigenvalue weighted by atomic mass is 10.1. The first-order chi connectivity index (χ1) is 12.7. The van der Waals surface area contributed by atoms with Crippen molar-refractivity contribution < 1.29 is 14.3 Å². The third kappa shape index (κ3) is 4.70. The molecule has 1 unspecified atom stereocenters. The third-order valence-corrected chi connectivity index (χ3v) is 5.07. The number of pyridine rings is 1. The Bertz CT molecular complexity index is 675. The molecule has 7 nitrogen and oxygen atoms in total. The molecular weight excluding hydrogens is 344 g/mol. The summed E-state index contributed by atoms with van der Waals surface area (Å²) in [5.41, 5.74) is 0.624. The van der Waals surface area contributed by atoms with Crippen molar-refractivity contribution in [2.75, 3.05) is 37.6 Å². The van der Waals surface area contributed by atoms with Crippen LogP contribution in [0.4, 0.5) is 10.6 Å². The van der Waals surface area contributed by atoms with Crippen molar-refractivity contribution in [3.63, 3.8) is 0 Å². The molecule has 0 aliphatic carbocycles. The number of likely N-dealkylation sites (tertiary alicyclic amines) is 1. The summed E-state index contributed by atoms with van der Waals surface area (Å²) in [6, 6.07) is 4.25. The first kappa shape index (κ1) is 19.5. The van der Waals surface area contributed by atoms with Gasteiger partial charge in [0.1, 0.15) is 11.4 Å². The van der Waals surface area contributed by atoms with Gasteiger partial charge in [0.25, 0.3) is 0 Å². The highest BCUT2D eigenvalue weighted by Gasteiger charge is 2.29. The monoisotopic (exact) mass is 374 g/mol. The summed E-state index contributed by atoms with van der Waals surface area (Å²) in [4.78, 5) is 34.4. The van der Waals surface area contributed by atoms with E-state index in [-0.39, 0.29) is 18.0 Å². The first-order valence-electron chi connectivity index (χ1n) is 9.70. The van der Waals surface area contributed by atoms with Crippen LogP contribution in [0.5, 0.6) is 0 Å². The average molecular weight is 374 g/mol. The predicted octanol–water partition coefficient (Wildman–Crippen LogP) is 2.82. The van der Waals surface area contributed by atoms with E-state index in [1.165, 1.54) is 0 Å². The smallest absolute Gasteiger partial charge is 0.410 e. The van der Waals surface area contributed by atoms with E-state index >= 15 is 0 Å². The van der Waals surface area contributed by atoms with Crippen molar-refractivity contribution in [2.45, 2.75) is 52.2 Å². The molecule has 2 amide bonds. The Kier molecular flexibility index (Phi) is 5.58. The minimum absolute atomic E-state index is 0.125. The zero-order chi connectivity index (χ0) is 19.6. The maximum atomic E-state index is 12.2. The zero-order valence-corrected chi connectivity index (χ0v) is 16.8. The standard InChI is InChI=1S/C20H30N4O3/c1-15(25)24-9-5-6-17(24)16-7-8-18(21-14-16)22-10-12-23(13-11-22)19(26)27-20(2,3)4/h7-8,14,17H,5-6,9-13H2,1-4H3. The molecule has 0 spiro atoms. The van der Waals surface area contributed by atoms with Gasteiger partial charge in [-0.1, -0.05) is 6.07 Å². The Morgan fingerprint density at radius 1 is 1.11 bits per heavy atom. The van der Waals surface area contributed by atoms with Crippen LogP contribution in [0.15, 0.2) is 18.3 Å². The van der Waals surface area contributed by atoms with Gasteiger partial charge >= 0.3 is 6.09 Å². The van der Waals surface area contributed by atoms with Crippen LogP contribution < -0.4 is 4.90 Å². The number of hydrogen-bond acceptors (Lipinski definition) is 5. The van der Waals surface area contributed by atoms with Gasteiger partial charge < -0.3 is 19.4 Å². The molecule has 2 aliphatic heterocycles. The summed E-state index contributed by atoms with van der Waals surface area (Å²) >= 11 is 0. The van der Waals surface area contributed by atoms with E-state index in [4.69, 9.17) is 4.74 Å². The van der Waals surface area contributed by atoms with Gasteiger partial charge in [0.2, 0.25) is 5.91 Å². The van der Waals surface area contributed by atoms with Gasteiger partial charge in [0, 0.05) is 45.8 Å². The van der Waals surface area contributed by atoms with Crippen molar-refractivity contribution >= 4 is 17.8 Å². The van der Waals surface area contributed by atoms with E-state index < -0.39 is 5.60 Å². The summed E-state index contributed by atoms with van der Waals surface area (Å²) in [6.45, 7) is 10.8. The Hall–Kier alpha value is -2.31. The van der Waals surface area contributed by atoms with Crippen LogP contribution in [0.1, 0.15) is 52.1 Å². The summed E-state index contributed by atoms with van der Waals surface area (Å²) in [7, 11) is 0. The third-order valence-electron chi connectivity index (χ3n) is 5.07. The lowest BCUT2D eigenvalue weighted by molar-refractivity contribution is -0.129. The largest absolute Gasteiger partial charge is 0.444 e. The van der Waals surface area contributed by atoms with E-state index in [9.17, 15) is 9.59 Å². The van der Waals surface area contributed by atoms with E-state index in [0.717, 1.165) is 43.9 Å². The second-order valence-electron chi connectivity index (χ2n) is 8.27. The number of amides is 2. The Balaban J connectivity index is 1.58. The molecule has 0 N–H and O–H groups in total. The molecule has 27 heavy (non-hydrogen) atoms. The van der Waals surface area contributed by atoms with Crippen molar-refractivity contribution in [1.82, 2.24) is 14.8 Å². The first-order valence-corrected chi connectivity index (χ1v) is 9.70. The second-order valence-corrected chi connectivity index (χ2v) is 8.27. The number of carbonyl (C=O) groups excluding carboxylic acids is 2. The fourth-order valence-electron chi connectivity index (χ4n) is 3.72. The molecular formula is C20H30N4O3. The summed E-state index contributed by atoms with van der Waals surface area (Å²) in [5, 5.41) is 0. The van der Waals surface area contributed by atoms with Crippen molar-refractivity contribution in [2.24, 2.45) is 0 Å². The van der Waals surface area contributed by atoms with E-state index in [1.807, 2.05) is 37.9 Å². The number of nitrogens with zero attached hydrogens (tertiary/aromatic N) is 4. The van der Waals surface area contributed by atoms with Crippen LogP contribution in [0.2, 0.25) is 0 Å². The van der Waals surface area contributed by atoms with Gasteiger partial charge in [-0.05, 0) is 45.2 Å². The number of hydrogen-bond donors (Lipinski definition) is 0. The van der Waals surface area contributed by atoms with E-state index in [1.54, 1.807) is 11.8 Å². The maximum absolute atomic E-state index is 12.2. The molecule has 1 atom stereocenters. The van der Waals surface area contributed by atoms with E-state index in [0.29, 0.717) is 13.1 Å². The molecule has 2 saturated heterocycles. The van der Waals surface area contributed by atoms with Crippen molar-refractivity contribution in [1.29, 1.82) is 0 Å². The lowest BCUT2D eigenvalue weighted by Crippen LogP contribution is -2.50. The molecule has 0 radical (unpaired) electrons. The van der Waals surface area contributed by atoms with Crippen LogP contribution in [-0.2, 0) is 9.53 Å². The van der Waals surface area contributed by atoms with Crippen LogP contribution in [0.3, 0.4) is 0 Å². The fourth-order valence-corrected chi connectivity index (χ4v) is 3.72. The van der Waals surface area contributed by atoms with Gasteiger partial charge in [-0.25, -0.2) is 9.78 Å². The average Bonchev–Trinajstić information content (AvgIpc) is 3.11. The van der Waals surface area contributed by atoms with E-state index in [2.05, 4.69) is 16.0 Å². The molecule has 1 aromatic rings. The molecule has 148 valence electrons. The molecule has 0 aromatic carbocycles. The minimum Gasteiger partial charge on any atom is -0.444 e. The highest BCUT2D eigenvalue weighted by atomic mass is 16.6. The second kappa shape index (κ2) is 7.74. The maximum Gasteiger partial charge on any atom is 0.410 e. The zero-order valence-electron chi connectivity index (χ0n) is 16.8. The van der Waals surface area contributed by atoms with Gasteiger partial charge in [-0.2, -0.15) is 0 Å². The van der Waals surface area contributed by atoms with Crippen LogP contribution in [0, 0.1) is 0 Å². The summed E-state index contributed by atoms with van der Waals surface area (Å²) in [5.74, 6) is 1.04. The number of rotatable bonds is 2. The number of aromatic nitrogens is 1. The van der Waals surface area contributed by atoms with Crippen LogP contribution in [-0.4, -0.2) is 65.1 Å². The topological polar surface area (TPSA) is 66.0 Å². The molecule has 2 fully saturated rings. The highest BCUT2D eigenvalue weighted by Crippen LogP contribution is 2.32. The molecule has 2 aliphatic rings. The Morgan fingerprint density at radius 2 is 1.81 bits per heavy atom. The van der Waals surface area contributed by atoms with Gasteiger partial charge in [-0.3, -0.25) is 4.79 Å². The summed E-state index contributed by atoms with van der Waals surface area (Å²) in [6.07, 6.45) is 3.67. The number of ether oxygens (including phenoxy) is 1. The van der Waals surface area contributed by atoms with Crippen LogP contribution in [0.25, 0.3) is 0 Å². The van der Waals surface area contributed by atoms with Gasteiger partial charge in [0.05, 0.1) is 6.04 Å². The van der Waals surface area contributed by atoms with Gasteiger partial charge in [-0.15, -0.1) is 0 Å². The van der Waals surface area contributed by atoms with Crippen LogP contribution >= 0.6 is 0 Å². The van der Waals surface area contributed by atoms with Gasteiger partial charge in [0.15, 0.2) is 0 Å². The van der Waals surface area contributed by atoms with Crippen molar-refractivity contribution in [3.8, 4) is 0 Å². The molecule has 7 heteroatoms. The molecule has 3 heterocycles. The quantitative estimate of drug-likeness (QED) is 0.796. The highest BCUT2D eigenvalue weighted by molar-refractivity contribution is 5.74. The predicted molar refractivity (Wildman–Crippen MR) is 104 cm³/mol. The normalized spacial score (nSPS) is 20.7.